The molecule has 1 aliphatic heterocycles. The SMILES string of the molecule is Cc1ccc(OC[C@H]2CCCN(C(=O)O)C2)c(Oc2ccccc2)n1. The van der Waals surface area contributed by atoms with Gasteiger partial charge in [0.1, 0.15) is 5.75 Å². The summed E-state index contributed by atoms with van der Waals surface area (Å²) in [6.07, 6.45) is 0.951. The molecule has 1 N–H and O–H groups in total. The molecule has 1 aliphatic rings. The van der Waals surface area contributed by atoms with Crippen molar-refractivity contribution in [2.75, 3.05) is 19.7 Å². The summed E-state index contributed by atoms with van der Waals surface area (Å²) in [6.45, 7) is 3.44. The molecule has 0 radical (unpaired) electrons. The number of ether oxygens (including phenoxy) is 2. The van der Waals surface area contributed by atoms with E-state index >= 15 is 0 Å². The molecule has 1 atom stereocenters. The van der Waals surface area contributed by atoms with Crippen LogP contribution < -0.4 is 9.47 Å². The van der Waals surface area contributed by atoms with E-state index in [0.717, 1.165) is 18.5 Å². The van der Waals surface area contributed by atoms with Crippen LogP contribution in [0.5, 0.6) is 17.4 Å². The van der Waals surface area contributed by atoms with Gasteiger partial charge in [-0.05, 0) is 44.0 Å². The maximum atomic E-state index is 11.1. The monoisotopic (exact) mass is 342 g/mol. The highest BCUT2D eigenvalue weighted by Gasteiger charge is 2.24. The molecule has 3 rings (SSSR count). The minimum atomic E-state index is -0.866. The first-order chi connectivity index (χ1) is 12.1. The minimum absolute atomic E-state index is 0.177. The Kier molecular flexibility index (Phi) is 5.38. The van der Waals surface area contributed by atoms with E-state index in [1.807, 2.05) is 49.4 Å². The molecular weight excluding hydrogens is 320 g/mol. The van der Waals surface area contributed by atoms with Crippen molar-refractivity contribution < 1.29 is 19.4 Å². The van der Waals surface area contributed by atoms with Crippen molar-refractivity contribution >= 4 is 6.09 Å². The molecular formula is C19H22N2O4. The Morgan fingerprint density at radius 3 is 2.84 bits per heavy atom. The van der Waals surface area contributed by atoms with Gasteiger partial charge in [0.05, 0.1) is 6.61 Å². The van der Waals surface area contributed by atoms with Gasteiger partial charge < -0.3 is 19.5 Å². The fourth-order valence-electron chi connectivity index (χ4n) is 2.89. The second kappa shape index (κ2) is 7.88. The number of amides is 1. The first kappa shape index (κ1) is 17.1. The number of aryl methyl sites for hydroxylation is 1. The Morgan fingerprint density at radius 2 is 2.08 bits per heavy atom. The summed E-state index contributed by atoms with van der Waals surface area (Å²) < 4.78 is 11.8. The number of nitrogens with zero attached hydrogens (tertiary/aromatic N) is 2. The van der Waals surface area contributed by atoms with E-state index in [-0.39, 0.29) is 5.92 Å². The van der Waals surface area contributed by atoms with Crippen LogP contribution >= 0.6 is 0 Å². The van der Waals surface area contributed by atoms with Crippen molar-refractivity contribution in [1.82, 2.24) is 9.88 Å². The Balaban J connectivity index is 1.67. The van der Waals surface area contributed by atoms with Crippen LogP contribution in [0, 0.1) is 12.8 Å². The number of benzene rings is 1. The molecule has 1 aromatic carbocycles. The first-order valence-electron chi connectivity index (χ1n) is 8.43. The maximum absolute atomic E-state index is 11.1. The molecule has 1 amide bonds. The Morgan fingerprint density at radius 1 is 1.28 bits per heavy atom. The molecule has 25 heavy (non-hydrogen) atoms. The average molecular weight is 342 g/mol. The lowest BCUT2D eigenvalue weighted by atomic mass is 9.99. The molecule has 1 fully saturated rings. The predicted molar refractivity (Wildman–Crippen MR) is 93.3 cm³/mol. The number of aromatic nitrogens is 1. The molecule has 2 heterocycles. The molecule has 1 aromatic heterocycles. The van der Waals surface area contributed by atoms with Crippen LogP contribution in [0.25, 0.3) is 0 Å². The number of hydrogen-bond acceptors (Lipinski definition) is 4. The number of pyridine rings is 1. The lowest BCUT2D eigenvalue weighted by molar-refractivity contribution is 0.104. The molecule has 2 aromatic rings. The van der Waals surface area contributed by atoms with E-state index in [2.05, 4.69) is 4.98 Å². The van der Waals surface area contributed by atoms with Crippen LogP contribution in [0.3, 0.4) is 0 Å². The number of carbonyl (C=O) groups is 1. The smallest absolute Gasteiger partial charge is 0.407 e. The van der Waals surface area contributed by atoms with Gasteiger partial charge in [0.25, 0.3) is 5.88 Å². The molecule has 6 heteroatoms. The van der Waals surface area contributed by atoms with Crippen LogP contribution in [0.15, 0.2) is 42.5 Å². The molecule has 0 saturated carbocycles. The summed E-state index contributed by atoms with van der Waals surface area (Å²) in [4.78, 5) is 17.0. The number of likely N-dealkylation sites (tertiary alicyclic amines) is 1. The van der Waals surface area contributed by atoms with Crippen LogP contribution in [-0.4, -0.2) is 40.8 Å². The van der Waals surface area contributed by atoms with Gasteiger partial charge >= 0.3 is 6.09 Å². The normalized spacial score (nSPS) is 17.2. The minimum Gasteiger partial charge on any atom is -0.488 e. The summed E-state index contributed by atoms with van der Waals surface area (Å²) >= 11 is 0. The number of hydrogen-bond donors (Lipinski definition) is 1. The Bertz CT molecular complexity index is 721. The largest absolute Gasteiger partial charge is 0.488 e. The van der Waals surface area contributed by atoms with Crippen molar-refractivity contribution in [3.63, 3.8) is 0 Å². The van der Waals surface area contributed by atoms with E-state index < -0.39 is 6.09 Å². The fourth-order valence-corrected chi connectivity index (χ4v) is 2.89. The highest BCUT2D eigenvalue weighted by molar-refractivity contribution is 5.65. The zero-order valence-electron chi connectivity index (χ0n) is 14.2. The van der Waals surface area contributed by atoms with Crippen LogP contribution in [0.4, 0.5) is 4.79 Å². The van der Waals surface area contributed by atoms with Crippen molar-refractivity contribution in [3.05, 3.63) is 48.2 Å². The van der Waals surface area contributed by atoms with Gasteiger partial charge in [-0.3, -0.25) is 0 Å². The fraction of sp³-hybridized carbons (Fsp3) is 0.368. The lowest BCUT2D eigenvalue weighted by Crippen LogP contribution is -2.40. The van der Waals surface area contributed by atoms with E-state index in [9.17, 15) is 4.79 Å². The highest BCUT2D eigenvalue weighted by atomic mass is 16.5. The predicted octanol–water partition coefficient (Wildman–Crippen LogP) is 3.95. The van der Waals surface area contributed by atoms with Crippen LogP contribution in [0.2, 0.25) is 0 Å². The average Bonchev–Trinajstić information content (AvgIpc) is 2.62. The zero-order chi connectivity index (χ0) is 17.6. The zero-order valence-corrected chi connectivity index (χ0v) is 14.2. The van der Waals surface area contributed by atoms with Crippen molar-refractivity contribution in [2.24, 2.45) is 5.92 Å². The molecule has 132 valence electrons. The number of piperidine rings is 1. The van der Waals surface area contributed by atoms with E-state index in [1.165, 1.54) is 4.90 Å². The third-order valence-electron chi connectivity index (χ3n) is 4.19. The van der Waals surface area contributed by atoms with E-state index in [1.54, 1.807) is 0 Å². The van der Waals surface area contributed by atoms with Crippen LogP contribution in [-0.2, 0) is 0 Å². The van der Waals surface area contributed by atoms with Gasteiger partial charge in [-0.25, -0.2) is 9.78 Å². The van der Waals surface area contributed by atoms with Gasteiger partial charge in [0, 0.05) is 24.7 Å². The number of para-hydroxylation sites is 1. The first-order valence-corrected chi connectivity index (χ1v) is 8.43. The number of carboxylic acid groups (broad SMARTS) is 1. The van der Waals surface area contributed by atoms with Crippen LogP contribution in [0.1, 0.15) is 18.5 Å². The van der Waals surface area contributed by atoms with E-state index in [4.69, 9.17) is 14.6 Å². The number of rotatable bonds is 5. The lowest BCUT2D eigenvalue weighted by Gasteiger charge is -2.30. The quantitative estimate of drug-likeness (QED) is 0.891. The summed E-state index contributed by atoms with van der Waals surface area (Å²) in [5, 5.41) is 9.14. The third kappa shape index (κ3) is 4.62. The van der Waals surface area contributed by atoms with Gasteiger partial charge in [0.15, 0.2) is 5.75 Å². The molecule has 0 bridgehead atoms. The molecule has 6 nitrogen and oxygen atoms in total. The second-order valence-electron chi connectivity index (χ2n) is 6.22. The summed E-state index contributed by atoms with van der Waals surface area (Å²) in [5.41, 5.74) is 0.841. The standard InChI is InChI=1S/C19H22N2O4/c1-14-9-10-17(18(20-14)25-16-7-3-2-4-8-16)24-13-15-6-5-11-21(12-15)19(22)23/h2-4,7-10,15H,5-6,11-13H2,1H3,(H,22,23)/t15-/m0/s1. The van der Waals surface area contributed by atoms with Crippen molar-refractivity contribution in [2.45, 2.75) is 19.8 Å². The summed E-state index contributed by atoms with van der Waals surface area (Å²) in [6, 6.07) is 13.2. The summed E-state index contributed by atoms with van der Waals surface area (Å²) in [7, 11) is 0. The van der Waals surface area contributed by atoms with Crippen molar-refractivity contribution in [3.8, 4) is 17.4 Å². The molecule has 0 unspecified atom stereocenters. The molecule has 0 aliphatic carbocycles. The Hall–Kier alpha value is -2.76. The highest BCUT2D eigenvalue weighted by Crippen LogP contribution is 2.30. The maximum Gasteiger partial charge on any atom is 0.407 e. The second-order valence-corrected chi connectivity index (χ2v) is 6.22. The Labute approximate surface area is 147 Å². The van der Waals surface area contributed by atoms with Gasteiger partial charge in [-0.15, -0.1) is 0 Å². The molecule has 0 spiro atoms. The van der Waals surface area contributed by atoms with E-state index in [0.29, 0.717) is 37.1 Å². The van der Waals surface area contributed by atoms with Gasteiger partial charge in [0.2, 0.25) is 0 Å². The van der Waals surface area contributed by atoms with Crippen molar-refractivity contribution in [1.29, 1.82) is 0 Å². The third-order valence-corrected chi connectivity index (χ3v) is 4.19. The topological polar surface area (TPSA) is 71.9 Å². The molecule has 1 saturated heterocycles. The summed E-state index contributed by atoms with van der Waals surface area (Å²) in [5.74, 6) is 1.87. The van der Waals surface area contributed by atoms with Gasteiger partial charge in [-0.1, -0.05) is 18.2 Å². The van der Waals surface area contributed by atoms with Gasteiger partial charge in [-0.2, -0.15) is 0 Å².